The number of halogens is 1. The van der Waals surface area contributed by atoms with Gasteiger partial charge in [-0.1, -0.05) is 11.6 Å². The van der Waals surface area contributed by atoms with Gasteiger partial charge in [0.2, 0.25) is 0 Å². The van der Waals surface area contributed by atoms with E-state index in [0.29, 0.717) is 5.03 Å². The van der Waals surface area contributed by atoms with Crippen molar-refractivity contribution in [1.82, 2.24) is 5.43 Å². The van der Waals surface area contributed by atoms with Crippen molar-refractivity contribution < 1.29 is 4.79 Å². The number of allylic oxidation sites excluding steroid dienone is 2. The average Bonchev–Trinajstić information content (AvgIpc) is 1.89. The topological polar surface area (TPSA) is 41.5 Å². The van der Waals surface area contributed by atoms with Crippen molar-refractivity contribution in [2.45, 2.75) is 0 Å². The number of carbonyl (C=O) groups excluding carboxylic acids is 1. The van der Waals surface area contributed by atoms with E-state index in [1.165, 1.54) is 12.3 Å². The van der Waals surface area contributed by atoms with Gasteiger partial charge in [-0.25, -0.2) is 4.79 Å². The molecule has 0 aromatic rings. The molecule has 0 aromatic carbocycles. The SMILES string of the molecule is O=C=C1NN=CC=C1Cl. The van der Waals surface area contributed by atoms with Crippen molar-refractivity contribution in [3.05, 3.63) is 16.8 Å². The highest BCUT2D eigenvalue weighted by Gasteiger charge is 2.02. The van der Waals surface area contributed by atoms with Gasteiger partial charge in [-0.15, -0.1) is 0 Å². The Bertz CT molecular complexity index is 225. The van der Waals surface area contributed by atoms with Crippen molar-refractivity contribution in [3.8, 4) is 0 Å². The van der Waals surface area contributed by atoms with Crippen LogP contribution in [0.25, 0.3) is 0 Å². The summed E-state index contributed by atoms with van der Waals surface area (Å²) >= 11 is 5.49. The Hall–Kier alpha value is -1.05. The summed E-state index contributed by atoms with van der Waals surface area (Å²) in [5, 5.41) is 3.88. The molecule has 0 bridgehead atoms. The number of nitrogens with zero attached hydrogens (tertiary/aromatic N) is 1. The fourth-order valence-corrected chi connectivity index (χ4v) is 0.550. The van der Waals surface area contributed by atoms with Crippen LogP contribution in [0, 0.1) is 0 Å². The van der Waals surface area contributed by atoms with Crippen LogP contribution in [0.3, 0.4) is 0 Å². The summed E-state index contributed by atoms with van der Waals surface area (Å²) in [6.07, 6.45) is 2.97. The van der Waals surface area contributed by atoms with Crippen LogP contribution in [0.5, 0.6) is 0 Å². The van der Waals surface area contributed by atoms with Gasteiger partial charge in [0, 0.05) is 6.21 Å². The molecular formula is C5H3ClN2O. The molecule has 0 radical (unpaired) electrons. The Labute approximate surface area is 56.7 Å². The van der Waals surface area contributed by atoms with Gasteiger partial charge < -0.3 is 0 Å². The predicted molar refractivity (Wildman–Crippen MR) is 34.8 cm³/mol. The van der Waals surface area contributed by atoms with Crippen LogP contribution in [0.4, 0.5) is 0 Å². The smallest absolute Gasteiger partial charge is 0.159 e. The zero-order chi connectivity index (χ0) is 6.69. The molecule has 1 heterocycles. The maximum absolute atomic E-state index is 9.95. The lowest BCUT2D eigenvalue weighted by atomic mass is 10.4. The molecule has 0 aromatic heterocycles. The molecule has 4 heteroatoms. The second kappa shape index (κ2) is 2.49. The first-order valence-corrected chi connectivity index (χ1v) is 2.62. The Kier molecular flexibility index (Phi) is 1.68. The molecule has 46 valence electrons. The fraction of sp³-hybridized carbons (Fsp3) is 0. The lowest BCUT2D eigenvalue weighted by Crippen LogP contribution is -2.09. The maximum atomic E-state index is 9.95. The molecule has 0 fully saturated rings. The van der Waals surface area contributed by atoms with Crippen molar-refractivity contribution in [3.63, 3.8) is 0 Å². The minimum Gasteiger partial charge on any atom is -0.266 e. The third-order valence-corrected chi connectivity index (χ3v) is 1.13. The fourth-order valence-electron chi connectivity index (χ4n) is 0.413. The number of hydrogen-bond acceptors (Lipinski definition) is 3. The normalized spacial score (nSPS) is 16.1. The first-order valence-electron chi connectivity index (χ1n) is 2.25. The highest BCUT2D eigenvalue weighted by Crippen LogP contribution is 2.09. The van der Waals surface area contributed by atoms with Gasteiger partial charge in [-0.05, 0) is 6.08 Å². The van der Waals surface area contributed by atoms with Crippen molar-refractivity contribution in [1.29, 1.82) is 0 Å². The molecule has 1 N–H and O–H groups in total. The molecule has 1 rings (SSSR count). The number of rotatable bonds is 0. The highest BCUT2D eigenvalue weighted by atomic mass is 35.5. The largest absolute Gasteiger partial charge is 0.266 e. The van der Waals surface area contributed by atoms with Crippen LogP contribution in [0.1, 0.15) is 0 Å². The van der Waals surface area contributed by atoms with Crippen LogP contribution in [-0.2, 0) is 4.79 Å². The van der Waals surface area contributed by atoms with E-state index >= 15 is 0 Å². The molecule has 1 aliphatic heterocycles. The molecule has 0 unspecified atom stereocenters. The summed E-state index contributed by atoms with van der Waals surface area (Å²) in [4.78, 5) is 9.95. The molecular weight excluding hydrogens is 140 g/mol. The monoisotopic (exact) mass is 142 g/mol. The van der Waals surface area contributed by atoms with E-state index in [-0.39, 0.29) is 5.70 Å². The lowest BCUT2D eigenvalue weighted by molar-refractivity contribution is 0.565. The molecule has 0 saturated carbocycles. The number of hydrazone groups is 1. The third kappa shape index (κ3) is 1.19. The van der Waals surface area contributed by atoms with E-state index in [0.717, 1.165) is 0 Å². The zero-order valence-electron chi connectivity index (χ0n) is 4.39. The first-order chi connectivity index (χ1) is 4.34. The second-order valence-electron chi connectivity index (χ2n) is 1.38. The molecule has 0 saturated heterocycles. The summed E-state index contributed by atoms with van der Waals surface area (Å²) in [7, 11) is 0. The van der Waals surface area contributed by atoms with Crippen molar-refractivity contribution in [2.75, 3.05) is 0 Å². The Balaban J connectivity index is 2.96. The molecule has 1 aliphatic rings. The molecule has 0 amide bonds. The Morgan fingerprint density at radius 2 is 2.56 bits per heavy atom. The Morgan fingerprint density at radius 3 is 3.00 bits per heavy atom. The minimum atomic E-state index is 0.180. The first kappa shape index (κ1) is 6.08. The quantitative estimate of drug-likeness (QED) is 0.498. The maximum Gasteiger partial charge on any atom is 0.159 e. The van der Waals surface area contributed by atoms with E-state index in [1.54, 1.807) is 5.94 Å². The molecule has 3 nitrogen and oxygen atoms in total. The van der Waals surface area contributed by atoms with Crippen LogP contribution >= 0.6 is 11.6 Å². The minimum absolute atomic E-state index is 0.180. The van der Waals surface area contributed by atoms with E-state index in [2.05, 4.69) is 10.5 Å². The second-order valence-corrected chi connectivity index (χ2v) is 1.79. The van der Waals surface area contributed by atoms with E-state index in [4.69, 9.17) is 11.6 Å². The average molecular weight is 143 g/mol. The zero-order valence-corrected chi connectivity index (χ0v) is 5.14. The van der Waals surface area contributed by atoms with Gasteiger partial charge in [0.05, 0.1) is 5.03 Å². The van der Waals surface area contributed by atoms with Gasteiger partial charge in [0.15, 0.2) is 11.6 Å². The highest BCUT2D eigenvalue weighted by molar-refractivity contribution is 6.33. The Morgan fingerprint density at radius 1 is 1.78 bits per heavy atom. The van der Waals surface area contributed by atoms with Gasteiger partial charge in [-0.3, -0.25) is 5.43 Å². The van der Waals surface area contributed by atoms with Crippen molar-refractivity contribution >= 4 is 23.8 Å². The van der Waals surface area contributed by atoms with Gasteiger partial charge in [0.25, 0.3) is 0 Å². The van der Waals surface area contributed by atoms with Crippen LogP contribution in [-0.4, -0.2) is 12.2 Å². The molecule has 9 heavy (non-hydrogen) atoms. The number of hydrogen-bond donors (Lipinski definition) is 1. The summed E-state index contributed by atoms with van der Waals surface area (Å²) in [6, 6.07) is 0. The number of nitrogens with one attached hydrogen (secondary N) is 1. The summed E-state index contributed by atoms with van der Waals surface area (Å²) < 4.78 is 0. The summed E-state index contributed by atoms with van der Waals surface area (Å²) in [5.74, 6) is 1.60. The summed E-state index contributed by atoms with van der Waals surface area (Å²) in [6.45, 7) is 0. The molecule has 0 spiro atoms. The molecule has 0 atom stereocenters. The third-order valence-electron chi connectivity index (χ3n) is 0.813. The van der Waals surface area contributed by atoms with Crippen LogP contribution in [0.2, 0.25) is 0 Å². The lowest BCUT2D eigenvalue weighted by Gasteiger charge is -2.01. The standard InChI is InChI=1S/C5H3ClN2O/c6-4-1-2-7-8-5(4)3-9/h1-2,8H. The predicted octanol–water partition coefficient (Wildman–Crippen LogP) is 0.414. The molecule has 0 aliphatic carbocycles. The van der Waals surface area contributed by atoms with Gasteiger partial charge in [-0.2, -0.15) is 5.10 Å². The van der Waals surface area contributed by atoms with Crippen molar-refractivity contribution in [2.24, 2.45) is 5.10 Å². The van der Waals surface area contributed by atoms with E-state index in [1.807, 2.05) is 0 Å². The van der Waals surface area contributed by atoms with Gasteiger partial charge >= 0.3 is 0 Å². The van der Waals surface area contributed by atoms with E-state index in [9.17, 15) is 4.79 Å². The van der Waals surface area contributed by atoms with Crippen LogP contribution < -0.4 is 5.43 Å². The van der Waals surface area contributed by atoms with E-state index < -0.39 is 0 Å². The van der Waals surface area contributed by atoms with Crippen LogP contribution in [0.15, 0.2) is 21.9 Å². The van der Waals surface area contributed by atoms with Gasteiger partial charge in [0.1, 0.15) is 0 Å². The summed E-state index contributed by atoms with van der Waals surface area (Å²) in [5.41, 5.74) is 2.56.